The summed E-state index contributed by atoms with van der Waals surface area (Å²) in [6.45, 7) is 8.99. The van der Waals surface area contributed by atoms with E-state index in [9.17, 15) is 22.8 Å². The van der Waals surface area contributed by atoms with Crippen LogP contribution in [0.15, 0.2) is 47.4 Å². The van der Waals surface area contributed by atoms with Gasteiger partial charge in [-0.3, -0.25) is 14.9 Å². The first-order valence-electron chi connectivity index (χ1n) is 12.5. The highest BCUT2D eigenvalue weighted by atomic mass is 19.4. The number of H-pyrrole nitrogens is 1. The second-order valence-corrected chi connectivity index (χ2v) is 9.75. The molecule has 1 amide bonds. The van der Waals surface area contributed by atoms with Crippen LogP contribution in [0.1, 0.15) is 38.8 Å². The Hall–Kier alpha value is -3.05. The number of carbonyl (C=O) groups excluding carboxylic acids is 1. The number of carbonyl (C=O) groups is 1. The predicted molar refractivity (Wildman–Crippen MR) is 138 cm³/mol. The van der Waals surface area contributed by atoms with Crippen LogP contribution in [0.2, 0.25) is 0 Å². The molecular weight excluding hydrogens is 487 g/mol. The van der Waals surface area contributed by atoms with Gasteiger partial charge in [0.05, 0.1) is 19.3 Å². The molecule has 1 aromatic carbocycles. The molecule has 0 radical (unpaired) electrons. The molecule has 0 saturated carbocycles. The summed E-state index contributed by atoms with van der Waals surface area (Å²) in [4.78, 5) is 28.9. The average molecular weight is 524 g/mol. The third kappa shape index (κ3) is 8.78. The minimum Gasteiger partial charge on any atom is -0.383 e. The second kappa shape index (κ2) is 13.0. The van der Waals surface area contributed by atoms with Crippen LogP contribution in [-0.2, 0) is 9.53 Å². The normalized spacial score (nSPS) is 16.8. The predicted octanol–water partition coefficient (Wildman–Crippen LogP) is 3.44. The Labute approximate surface area is 215 Å². The molecule has 0 aliphatic carbocycles. The van der Waals surface area contributed by atoms with E-state index in [2.05, 4.69) is 25.8 Å². The maximum absolute atomic E-state index is 13.9. The molecule has 3 rings (SSSR count). The summed E-state index contributed by atoms with van der Waals surface area (Å²) < 4.78 is 47.0. The highest BCUT2D eigenvalue weighted by Crippen LogP contribution is 2.33. The summed E-state index contributed by atoms with van der Waals surface area (Å²) in [5, 5.41) is 8.57. The van der Waals surface area contributed by atoms with Gasteiger partial charge in [0.1, 0.15) is 6.04 Å². The summed E-state index contributed by atoms with van der Waals surface area (Å²) in [6, 6.07) is 6.61. The Morgan fingerprint density at radius 3 is 2.32 bits per heavy atom. The molecule has 1 aliphatic heterocycles. The van der Waals surface area contributed by atoms with E-state index in [-0.39, 0.29) is 23.9 Å². The number of alkyl halides is 3. The minimum atomic E-state index is -4.66. The lowest BCUT2D eigenvalue weighted by molar-refractivity contribution is -0.161. The van der Waals surface area contributed by atoms with Crippen LogP contribution in [0.3, 0.4) is 0 Å². The zero-order valence-electron chi connectivity index (χ0n) is 21.4. The van der Waals surface area contributed by atoms with Gasteiger partial charge in [-0.2, -0.15) is 13.2 Å². The Kier molecular flexibility index (Phi) is 9.99. The van der Waals surface area contributed by atoms with Gasteiger partial charge in [0, 0.05) is 49.3 Å². The van der Waals surface area contributed by atoms with Crippen LogP contribution < -0.4 is 26.4 Å². The van der Waals surface area contributed by atoms with Gasteiger partial charge in [-0.15, -0.1) is 0 Å². The number of rotatable bonds is 11. The third-order valence-electron chi connectivity index (χ3n) is 6.10. The lowest BCUT2D eigenvalue weighted by Gasteiger charge is -2.29. The number of nitrogens with one attached hydrogen (secondary N) is 4. The largest absolute Gasteiger partial charge is 0.407 e. The molecule has 3 atom stereocenters. The smallest absolute Gasteiger partial charge is 0.383 e. The highest BCUT2D eigenvalue weighted by Gasteiger charge is 2.43. The fourth-order valence-corrected chi connectivity index (χ4v) is 4.18. The number of pyridine rings is 1. The topological polar surface area (TPSA) is 98.5 Å². The summed E-state index contributed by atoms with van der Waals surface area (Å²) >= 11 is 0. The van der Waals surface area contributed by atoms with Crippen molar-refractivity contribution >= 4 is 17.3 Å². The summed E-state index contributed by atoms with van der Waals surface area (Å²) in [6.07, 6.45) is -3.42. The first kappa shape index (κ1) is 28.5. The molecule has 0 bridgehead atoms. The van der Waals surface area contributed by atoms with Crippen molar-refractivity contribution in [2.45, 2.75) is 51.5 Å². The molecule has 1 aliphatic rings. The number of halogens is 3. The van der Waals surface area contributed by atoms with E-state index in [1.54, 1.807) is 6.92 Å². The van der Waals surface area contributed by atoms with Crippen LogP contribution in [-0.4, -0.2) is 62.0 Å². The van der Waals surface area contributed by atoms with Crippen molar-refractivity contribution in [3.05, 3.63) is 58.5 Å². The maximum atomic E-state index is 13.9. The van der Waals surface area contributed by atoms with Gasteiger partial charge in [0.15, 0.2) is 0 Å². The Bertz CT molecular complexity index is 1030. The molecule has 4 N–H and O–H groups in total. The van der Waals surface area contributed by atoms with Gasteiger partial charge in [0.25, 0.3) is 0 Å². The van der Waals surface area contributed by atoms with Gasteiger partial charge >= 0.3 is 6.18 Å². The average Bonchev–Trinajstić information content (AvgIpc) is 2.86. The number of aromatic amines is 1. The number of hydrogen-bond acceptors (Lipinski definition) is 6. The van der Waals surface area contributed by atoms with Crippen molar-refractivity contribution in [1.82, 2.24) is 15.6 Å². The number of anilines is 2. The number of amides is 1. The van der Waals surface area contributed by atoms with Crippen molar-refractivity contribution in [3.8, 4) is 0 Å². The summed E-state index contributed by atoms with van der Waals surface area (Å²) in [5.41, 5.74) is 1.33. The van der Waals surface area contributed by atoms with Gasteiger partial charge in [-0.25, -0.2) is 0 Å². The lowest BCUT2D eigenvalue weighted by atomic mass is 10.00. The molecule has 1 saturated heterocycles. The first-order chi connectivity index (χ1) is 17.5. The molecule has 37 heavy (non-hydrogen) atoms. The number of hydrogen-bond donors (Lipinski definition) is 4. The molecule has 11 heteroatoms. The number of nitrogens with zero attached hydrogens (tertiary/aromatic N) is 1. The minimum absolute atomic E-state index is 0.0221. The van der Waals surface area contributed by atoms with Crippen molar-refractivity contribution in [1.29, 1.82) is 0 Å². The molecule has 2 aromatic rings. The standard InChI is InChI=1S/C26H36F3N5O3/c1-17(2)14-22(33-24(26(27,28)29)19-4-9-23(35)31-16-19)25(36)32-18(3)15-30-20-5-7-21(8-6-20)34-10-12-37-13-11-34/h4-9,16-18,22,24,30,33H,10-15H2,1-3H3,(H,31,35)(H,32,36)/t18-,22-,24-/m0/s1. The summed E-state index contributed by atoms with van der Waals surface area (Å²) in [7, 11) is 0. The van der Waals surface area contributed by atoms with Crippen molar-refractivity contribution in [3.63, 3.8) is 0 Å². The van der Waals surface area contributed by atoms with E-state index in [1.807, 2.05) is 38.1 Å². The van der Waals surface area contributed by atoms with Crippen LogP contribution in [0, 0.1) is 5.92 Å². The fraction of sp³-hybridized carbons (Fsp3) is 0.538. The lowest BCUT2D eigenvalue weighted by Crippen LogP contribution is -2.52. The van der Waals surface area contributed by atoms with Crippen molar-refractivity contribution in [2.24, 2.45) is 5.92 Å². The monoisotopic (exact) mass is 523 g/mol. The van der Waals surface area contributed by atoms with Crippen LogP contribution >= 0.6 is 0 Å². The number of ether oxygens (including phenoxy) is 1. The molecule has 1 aromatic heterocycles. The van der Waals surface area contributed by atoms with E-state index in [0.29, 0.717) is 19.8 Å². The maximum Gasteiger partial charge on any atom is 0.407 e. The number of morpholine rings is 1. The highest BCUT2D eigenvalue weighted by molar-refractivity contribution is 5.82. The first-order valence-corrected chi connectivity index (χ1v) is 12.5. The van der Waals surface area contributed by atoms with Gasteiger partial charge in [-0.05, 0) is 49.1 Å². The molecular formula is C26H36F3N5O3. The van der Waals surface area contributed by atoms with E-state index in [0.717, 1.165) is 42.8 Å². The van der Waals surface area contributed by atoms with Crippen LogP contribution in [0.4, 0.5) is 24.5 Å². The molecule has 8 nitrogen and oxygen atoms in total. The van der Waals surface area contributed by atoms with E-state index < -0.39 is 29.7 Å². The molecule has 2 heterocycles. The van der Waals surface area contributed by atoms with Gasteiger partial charge in [-0.1, -0.05) is 19.9 Å². The zero-order valence-corrected chi connectivity index (χ0v) is 21.4. The van der Waals surface area contributed by atoms with Crippen molar-refractivity contribution < 1.29 is 22.7 Å². The Balaban J connectivity index is 1.59. The van der Waals surface area contributed by atoms with Crippen LogP contribution in [0.25, 0.3) is 0 Å². The van der Waals surface area contributed by atoms with E-state index in [1.165, 1.54) is 0 Å². The number of aromatic nitrogens is 1. The van der Waals surface area contributed by atoms with Crippen molar-refractivity contribution in [2.75, 3.05) is 43.1 Å². The molecule has 0 unspecified atom stereocenters. The Morgan fingerprint density at radius 1 is 1.08 bits per heavy atom. The molecule has 204 valence electrons. The Morgan fingerprint density at radius 2 is 1.76 bits per heavy atom. The van der Waals surface area contributed by atoms with E-state index >= 15 is 0 Å². The van der Waals surface area contributed by atoms with Crippen LogP contribution in [0.5, 0.6) is 0 Å². The second-order valence-electron chi connectivity index (χ2n) is 9.75. The summed E-state index contributed by atoms with van der Waals surface area (Å²) in [5.74, 6) is -0.532. The number of benzene rings is 1. The third-order valence-corrected chi connectivity index (χ3v) is 6.10. The fourth-order valence-electron chi connectivity index (χ4n) is 4.18. The molecule has 1 fully saturated rings. The van der Waals surface area contributed by atoms with E-state index in [4.69, 9.17) is 4.74 Å². The zero-order chi connectivity index (χ0) is 27.0. The quantitative estimate of drug-likeness (QED) is 0.360. The SMILES string of the molecule is CC(C)C[C@H](N[C@@H](c1ccc(=O)[nH]c1)C(F)(F)F)C(=O)N[C@@H](C)CNc1ccc(N2CCOCC2)cc1. The molecule has 0 spiro atoms. The van der Waals surface area contributed by atoms with Gasteiger partial charge in [0.2, 0.25) is 11.5 Å². The van der Waals surface area contributed by atoms with Gasteiger partial charge < -0.3 is 25.3 Å².